The lowest BCUT2D eigenvalue weighted by Crippen LogP contribution is -1.92. The number of hydrogen-bond donors (Lipinski definition) is 0. The van der Waals surface area contributed by atoms with Gasteiger partial charge in [-0.05, 0) is 90.0 Å². The van der Waals surface area contributed by atoms with Gasteiger partial charge in [0.1, 0.15) is 0 Å². The first-order valence-corrected chi connectivity index (χ1v) is 15.6. The van der Waals surface area contributed by atoms with Crippen molar-refractivity contribution in [1.29, 1.82) is 0 Å². The van der Waals surface area contributed by atoms with E-state index in [-0.39, 0.29) is 0 Å². The SMILES string of the molecule is c1ccc(-c2ccccc2-c2c3ccccc3c(-c3ccc4sc5cc6ccccc6cc5c4c3)c3ccccc23)cc1. The van der Waals surface area contributed by atoms with Crippen LogP contribution in [0.4, 0.5) is 0 Å². The van der Waals surface area contributed by atoms with Crippen LogP contribution >= 0.6 is 11.3 Å². The third-order valence-electron chi connectivity index (χ3n) is 8.84. The second-order valence-corrected chi connectivity index (χ2v) is 12.3. The summed E-state index contributed by atoms with van der Waals surface area (Å²) in [5.74, 6) is 0. The number of hydrogen-bond acceptors (Lipinski definition) is 1. The van der Waals surface area contributed by atoms with Gasteiger partial charge in [-0.1, -0.05) is 133 Å². The molecule has 9 rings (SSSR count). The normalized spacial score (nSPS) is 11.7. The topological polar surface area (TPSA) is 0 Å². The number of thiophene rings is 1. The average molecular weight is 563 g/mol. The molecule has 8 aromatic carbocycles. The lowest BCUT2D eigenvalue weighted by molar-refractivity contribution is 1.61. The van der Waals surface area contributed by atoms with Crippen molar-refractivity contribution < 1.29 is 0 Å². The van der Waals surface area contributed by atoms with Crippen molar-refractivity contribution in [3.05, 3.63) is 158 Å². The first-order chi connectivity index (χ1) is 21.3. The summed E-state index contributed by atoms with van der Waals surface area (Å²) in [7, 11) is 0. The molecule has 0 atom stereocenters. The van der Waals surface area contributed by atoms with E-state index in [1.807, 2.05) is 11.3 Å². The van der Waals surface area contributed by atoms with E-state index in [1.165, 1.54) is 85.9 Å². The molecule has 0 amide bonds. The van der Waals surface area contributed by atoms with Crippen molar-refractivity contribution in [2.45, 2.75) is 0 Å². The molecule has 0 aliphatic heterocycles. The van der Waals surface area contributed by atoms with Crippen molar-refractivity contribution >= 4 is 63.8 Å². The molecule has 0 saturated heterocycles. The molecule has 0 unspecified atom stereocenters. The van der Waals surface area contributed by atoms with Gasteiger partial charge in [0, 0.05) is 20.2 Å². The maximum atomic E-state index is 2.43. The second kappa shape index (κ2) is 9.66. The standard InChI is InChI=1S/C42H26S/c1-2-12-27(13-3-1)31-16-6-7-17-32(31)42-35-20-10-8-18-33(35)41(34-19-9-11-21-36(34)42)30-22-23-39-37(25-30)38-24-28-14-4-5-15-29(28)26-40(38)43-39/h1-26H. The summed E-state index contributed by atoms with van der Waals surface area (Å²) in [4.78, 5) is 0. The zero-order chi connectivity index (χ0) is 28.3. The van der Waals surface area contributed by atoms with Crippen LogP contribution in [-0.2, 0) is 0 Å². The Bertz CT molecular complexity index is 2440. The van der Waals surface area contributed by atoms with Gasteiger partial charge >= 0.3 is 0 Å². The zero-order valence-electron chi connectivity index (χ0n) is 23.4. The Labute approximate surface area is 254 Å². The van der Waals surface area contributed by atoms with E-state index in [1.54, 1.807) is 0 Å². The van der Waals surface area contributed by atoms with Gasteiger partial charge in [0.25, 0.3) is 0 Å². The molecular formula is C42H26S. The smallest absolute Gasteiger partial charge is 0.0361 e. The molecule has 9 aromatic rings. The molecule has 0 aliphatic rings. The lowest BCUT2D eigenvalue weighted by atomic mass is 9.83. The van der Waals surface area contributed by atoms with Gasteiger partial charge in [0.15, 0.2) is 0 Å². The predicted octanol–water partition coefficient (Wildman–Crippen LogP) is 12.5. The van der Waals surface area contributed by atoms with E-state index in [4.69, 9.17) is 0 Å². The van der Waals surface area contributed by atoms with Crippen LogP contribution in [-0.4, -0.2) is 0 Å². The van der Waals surface area contributed by atoms with E-state index in [2.05, 4.69) is 158 Å². The molecule has 0 N–H and O–H groups in total. The van der Waals surface area contributed by atoms with Crippen molar-refractivity contribution in [2.24, 2.45) is 0 Å². The fourth-order valence-corrected chi connectivity index (χ4v) is 8.03. The minimum atomic E-state index is 1.23. The van der Waals surface area contributed by atoms with E-state index >= 15 is 0 Å². The molecule has 0 saturated carbocycles. The van der Waals surface area contributed by atoms with Gasteiger partial charge < -0.3 is 0 Å². The van der Waals surface area contributed by atoms with Crippen LogP contribution in [0.1, 0.15) is 0 Å². The summed E-state index contributed by atoms with van der Waals surface area (Å²) in [6.45, 7) is 0. The molecule has 1 aromatic heterocycles. The van der Waals surface area contributed by atoms with Crippen LogP contribution in [0.15, 0.2) is 158 Å². The van der Waals surface area contributed by atoms with Gasteiger partial charge in [-0.3, -0.25) is 0 Å². The van der Waals surface area contributed by atoms with Gasteiger partial charge in [-0.2, -0.15) is 0 Å². The van der Waals surface area contributed by atoms with Crippen molar-refractivity contribution in [3.63, 3.8) is 0 Å². The first kappa shape index (κ1) is 24.4. The molecule has 0 nitrogen and oxygen atoms in total. The summed E-state index contributed by atoms with van der Waals surface area (Å²) in [5, 5.41) is 10.4. The quantitative estimate of drug-likeness (QED) is 0.188. The molecule has 1 heterocycles. The molecule has 0 spiro atoms. The van der Waals surface area contributed by atoms with Crippen LogP contribution in [0.5, 0.6) is 0 Å². The van der Waals surface area contributed by atoms with E-state index in [9.17, 15) is 0 Å². The Morgan fingerprint density at radius 2 is 0.837 bits per heavy atom. The Hall–Kier alpha value is -5.24. The molecule has 1 heteroatoms. The van der Waals surface area contributed by atoms with Crippen molar-refractivity contribution in [3.8, 4) is 33.4 Å². The summed E-state index contributed by atoms with van der Waals surface area (Å²) in [6.07, 6.45) is 0. The third-order valence-corrected chi connectivity index (χ3v) is 9.97. The Morgan fingerprint density at radius 1 is 0.302 bits per heavy atom. The monoisotopic (exact) mass is 562 g/mol. The second-order valence-electron chi connectivity index (χ2n) is 11.3. The van der Waals surface area contributed by atoms with Crippen LogP contribution < -0.4 is 0 Å². The molecule has 0 radical (unpaired) electrons. The minimum Gasteiger partial charge on any atom is -0.135 e. The number of rotatable bonds is 3. The Morgan fingerprint density at radius 3 is 1.53 bits per heavy atom. The summed E-state index contributed by atoms with van der Waals surface area (Å²) < 4.78 is 2.67. The highest BCUT2D eigenvalue weighted by atomic mass is 32.1. The van der Waals surface area contributed by atoms with Gasteiger partial charge in [0.05, 0.1) is 0 Å². The Balaban J connectivity index is 1.36. The number of benzene rings is 8. The largest absolute Gasteiger partial charge is 0.135 e. The summed E-state index contributed by atoms with van der Waals surface area (Å²) in [6, 6.07) is 58.0. The number of fused-ring (bicyclic) bond motifs is 6. The fraction of sp³-hybridized carbons (Fsp3) is 0. The molecule has 200 valence electrons. The highest BCUT2D eigenvalue weighted by Crippen LogP contribution is 2.47. The minimum absolute atomic E-state index is 1.23. The molecule has 43 heavy (non-hydrogen) atoms. The highest BCUT2D eigenvalue weighted by Gasteiger charge is 2.19. The summed E-state index contributed by atoms with van der Waals surface area (Å²) >= 11 is 1.89. The van der Waals surface area contributed by atoms with Crippen LogP contribution in [0, 0.1) is 0 Å². The van der Waals surface area contributed by atoms with Gasteiger partial charge in [-0.25, -0.2) is 0 Å². The molecule has 0 fully saturated rings. The first-order valence-electron chi connectivity index (χ1n) is 14.8. The third kappa shape index (κ3) is 3.82. The van der Waals surface area contributed by atoms with Gasteiger partial charge in [-0.15, -0.1) is 11.3 Å². The van der Waals surface area contributed by atoms with Crippen LogP contribution in [0.2, 0.25) is 0 Å². The van der Waals surface area contributed by atoms with Crippen molar-refractivity contribution in [2.75, 3.05) is 0 Å². The van der Waals surface area contributed by atoms with E-state index in [0.29, 0.717) is 0 Å². The molecular weight excluding hydrogens is 537 g/mol. The zero-order valence-corrected chi connectivity index (χ0v) is 24.2. The van der Waals surface area contributed by atoms with Crippen LogP contribution in [0.3, 0.4) is 0 Å². The average Bonchev–Trinajstić information content (AvgIpc) is 3.43. The maximum Gasteiger partial charge on any atom is 0.0361 e. The van der Waals surface area contributed by atoms with Crippen LogP contribution in [0.25, 0.3) is 85.9 Å². The molecule has 0 aliphatic carbocycles. The van der Waals surface area contributed by atoms with Gasteiger partial charge in [0.2, 0.25) is 0 Å². The predicted molar refractivity (Wildman–Crippen MR) is 188 cm³/mol. The molecule has 0 bridgehead atoms. The van der Waals surface area contributed by atoms with Crippen molar-refractivity contribution in [1.82, 2.24) is 0 Å². The maximum absolute atomic E-state index is 2.43. The van der Waals surface area contributed by atoms with E-state index in [0.717, 1.165) is 0 Å². The van der Waals surface area contributed by atoms with E-state index < -0.39 is 0 Å². The fourth-order valence-electron chi connectivity index (χ4n) is 6.92. The lowest BCUT2D eigenvalue weighted by Gasteiger charge is -2.19. The Kier molecular flexibility index (Phi) is 5.47. The summed E-state index contributed by atoms with van der Waals surface area (Å²) in [5.41, 5.74) is 7.61. The highest BCUT2D eigenvalue weighted by molar-refractivity contribution is 7.25.